The largest absolute Gasteiger partial charge is 0.379 e. The summed E-state index contributed by atoms with van der Waals surface area (Å²) in [5.41, 5.74) is 0.443. The number of morpholine rings is 1. The van der Waals surface area contributed by atoms with Crippen LogP contribution in [0.25, 0.3) is 0 Å². The summed E-state index contributed by atoms with van der Waals surface area (Å²) in [7, 11) is 2.11. The monoisotopic (exact) mass is 602 g/mol. The number of amides is 3. The van der Waals surface area contributed by atoms with Crippen molar-refractivity contribution < 1.29 is 47.7 Å². The fraction of sp³-hybridized carbons (Fsp3) is 0.571. The van der Waals surface area contributed by atoms with Crippen LogP contribution < -0.4 is 16.0 Å². The number of Topliss-reactive ketones (excluding diaryl/α,β-unsaturated/α-hetero) is 2. The van der Waals surface area contributed by atoms with Crippen molar-refractivity contribution >= 4 is 36.3 Å². The maximum absolute atomic E-state index is 12.1. The van der Waals surface area contributed by atoms with E-state index in [1.165, 1.54) is 6.42 Å². The van der Waals surface area contributed by atoms with Gasteiger partial charge >= 0.3 is 6.47 Å². The van der Waals surface area contributed by atoms with Gasteiger partial charge in [0.1, 0.15) is 12.6 Å². The van der Waals surface area contributed by atoms with Crippen LogP contribution in [0.3, 0.4) is 0 Å². The van der Waals surface area contributed by atoms with Gasteiger partial charge in [-0.15, -0.1) is 0 Å². The Morgan fingerprint density at radius 3 is 2.02 bits per heavy atom. The van der Waals surface area contributed by atoms with Crippen LogP contribution in [0.15, 0.2) is 30.3 Å². The molecule has 1 fully saturated rings. The summed E-state index contributed by atoms with van der Waals surface area (Å²) in [5.74, 6) is -2.75. The fourth-order valence-electron chi connectivity index (χ4n) is 2.60. The molecule has 3 amide bonds. The molecule has 1 aromatic rings. The summed E-state index contributed by atoms with van der Waals surface area (Å²) in [4.78, 5) is 70.9. The van der Waals surface area contributed by atoms with E-state index in [-0.39, 0.29) is 38.6 Å². The molecule has 42 heavy (non-hydrogen) atoms. The number of nitrogens with one attached hydrogen (secondary N) is 3. The van der Waals surface area contributed by atoms with Crippen molar-refractivity contribution in [1.29, 1.82) is 0 Å². The number of hydrogen-bond acceptors (Lipinski definition) is 10. The molecule has 0 bridgehead atoms. The maximum atomic E-state index is 12.1. The molecule has 13 nitrogen and oxygen atoms in total. The molecule has 3 N–H and O–H groups in total. The van der Waals surface area contributed by atoms with Gasteiger partial charge < -0.3 is 30.3 Å². The average Bonchev–Trinajstić information content (AvgIpc) is 3.01. The van der Waals surface area contributed by atoms with Gasteiger partial charge in [0.05, 0.1) is 26.4 Å². The van der Waals surface area contributed by atoms with Crippen LogP contribution in [-0.4, -0.2) is 107 Å². The Labute approximate surface area is 247 Å². The van der Waals surface area contributed by atoms with Crippen LogP contribution in [0.2, 0.25) is 0 Å². The highest BCUT2D eigenvalue weighted by Gasteiger charge is 2.27. The van der Waals surface area contributed by atoms with Crippen molar-refractivity contribution in [1.82, 2.24) is 20.9 Å². The third-order valence-electron chi connectivity index (χ3n) is 4.44. The highest BCUT2D eigenvalue weighted by Crippen LogP contribution is 2.01. The number of carbonyl (C=O) groups excluding carboxylic acids is 6. The third-order valence-corrected chi connectivity index (χ3v) is 4.44. The van der Waals surface area contributed by atoms with Gasteiger partial charge in [0.2, 0.25) is 18.1 Å². The summed E-state index contributed by atoms with van der Waals surface area (Å²) in [6, 6.07) is 7.14. The number of hydrogen-bond donors (Lipinski definition) is 3. The van der Waals surface area contributed by atoms with E-state index in [0.29, 0.717) is 12.0 Å². The zero-order valence-corrected chi connectivity index (χ0v) is 25.5. The van der Waals surface area contributed by atoms with Crippen molar-refractivity contribution in [3.8, 4) is 0 Å². The van der Waals surface area contributed by atoms with Crippen molar-refractivity contribution in [2.24, 2.45) is 0 Å². The van der Waals surface area contributed by atoms with Crippen molar-refractivity contribution in [3.05, 3.63) is 35.9 Å². The van der Waals surface area contributed by atoms with Gasteiger partial charge in [0.15, 0.2) is 5.78 Å². The molecule has 1 aliphatic heterocycles. The highest BCUT2D eigenvalue weighted by molar-refractivity contribution is 6.38. The lowest BCUT2D eigenvalue weighted by Gasteiger charge is -2.21. The van der Waals surface area contributed by atoms with Crippen LogP contribution in [-0.2, 0) is 38.4 Å². The Morgan fingerprint density at radius 2 is 1.60 bits per heavy atom. The first kappa shape index (κ1) is 42.7. The molecule has 0 aromatic heterocycles. The number of rotatable bonds is 13. The van der Waals surface area contributed by atoms with E-state index in [4.69, 9.17) is 14.3 Å². The van der Waals surface area contributed by atoms with E-state index >= 15 is 0 Å². The van der Waals surface area contributed by atoms with E-state index in [2.05, 4.69) is 46.7 Å². The molecule has 1 atom stereocenters. The summed E-state index contributed by atoms with van der Waals surface area (Å²) < 4.78 is 20.2. The molecule has 1 aliphatic rings. The quantitative estimate of drug-likeness (QED) is 0.170. The van der Waals surface area contributed by atoms with Crippen LogP contribution in [0.4, 0.5) is 4.53 Å². The van der Waals surface area contributed by atoms with Gasteiger partial charge in [-0.05, 0) is 14.0 Å². The second kappa shape index (κ2) is 31.8. The Balaban J connectivity index is -0.000000772. The normalized spacial score (nSPS) is 12.2. The van der Waals surface area contributed by atoms with Gasteiger partial charge in [-0.1, -0.05) is 64.4 Å². The summed E-state index contributed by atoms with van der Waals surface area (Å²) in [6.45, 7) is 12.8. The van der Waals surface area contributed by atoms with Gasteiger partial charge in [0.25, 0.3) is 5.91 Å². The molecule has 1 aromatic carbocycles. The van der Waals surface area contributed by atoms with Gasteiger partial charge in [-0.2, -0.15) is 0 Å². The topological polar surface area (TPSA) is 169 Å². The van der Waals surface area contributed by atoms with Gasteiger partial charge in [-0.25, -0.2) is 0 Å². The zero-order chi connectivity index (χ0) is 32.6. The van der Waals surface area contributed by atoms with E-state index in [1.807, 2.05) is 13.8 Å². The minimum atomic E-state index is -1.27. The Morgan fingerprint density at radius 1 is 1.05 bits per heavy atom. The Bertz CT molecular complexity index is 855. The summed E-state index contributed by atoms with van der Waals surface area (Å²) in [5, 5.41) is 6.77. The number of carbonyl (C=O) groups is 6. The lowest BCUT2D eigenvalue weighted by atomic mass is 10.1. The molecule has 2 rings (SSSR count). The second-order valence-electron chi connectivity index (χ2n) is 7.95. The number of ketones is 2. The minimum Gasteiger partial charge on any atom is -0.379 e. The lowest BCUT2D eigenvalue weighted by molar-refractivity contribution is -0.165. The molecular formula is C28H47FN4O9. The number of benzene rings is 1. The van der Waals surface area contributed by atoms with Crippen LogP contribution in [0, 0.1) is 0 Å². The molecule has 1 heterocycles. The average molecular weight is 603 g/mol. The standard InChI is InChI=1S/C17H21N3O6.C5H11NO.C3H8.C2H6.CHFO2/c1-2-19-17(25)16(24)13(20-15(23)8-18-11-21)9-26-10-14(22)12-6-4-3-5-7-12;1-6-2-4-7-5-3-6;1-3-2;1-2;2-4-1-3/h3-7,11,13H,2,8-10H2,1H3,(H,18,21)(H,19,25)(H,20,23);2-5H2,1H3;3H2,1-2H3;1-2H3;1H. The molecule has 0 saturated carbocycles. The molecule has 0 spiro atoms. The van der Waals surface area contributed by atoms with E-state index in [0.717, 1.165) is 26.3 Å². The number of nitrogens with zero attached hydrogens (tertiary/aromatic N) is 1. The molecule has 1 saturated heterocycles. The predicted octanol–water partition coefficient (Wildman–Crippen LogP) is 1.26. The molecule has 0 radical (unpaired) electrons. The Hall–Kier alpha value is -3.75. The van der Waals surface area contributed by atoms with Crippen molar-refractivity contribution in [2.45, 2.75) is 47.1 Å². The Kier molecular flexibility index (Phi) is 32.3. The van der Waals surface area contributed by atoms with Crippen molar-refractivity contribution in [2.75, 3.05) is 59.7 Å². The molecule has 240 valence electrons. The van der Waals surface area contributed by atoms with Crippen LogP contribution >= 0.6 is 0 Å². The minimum absolute atomic E-state index is 0.241. The van der Waals surface area contributed by atoms with E-state index in [9.17, 15) is 28.5 Å². The van der Waals surface area contributed by atoms with E-state index in [1.54, 1.807) is 37.3 Å². The van der Waals surface area contributed by atoms with Crippen LogP contribution in [0.5, 0.6) is 0 Å². The van der Waals surface area contributed by atoms with Crippen molar-refractivity contribution in [3.63, 3.8) is 0 Å². The zero-order valence-electron chi connectivity index (χ0n) is 25.5. The number of likely N-dealkylation sites (N-methyl/N-ethyl adjacent to an activating group) is 2. The summed E-state index contributed by atoms with van der Waals surface area (Å²) >= 11 is 0. The van der Waals surface area contributed by atoms with Crippen LogP contribution in [0.1, 0.15) is 51.4 Å². The highest BCUT2D eigenvalue weighted by atomic mass is 19.3. The maximum Gasteiger partial charge on any atom is 0.337 e. The predicted molar refractivity (Wildman–Crippen MR) is 155 cm³/mol. The first-order valence-electron chi connectivity index (χ1n) is 13.6. The number of halogens is 1. The lowest BCUT2D eigenvalue weighted by Crippen LogP contribution is -2.51. The van der Waals surface area contributed by atoms with E-state index < -0.39 is 23.6 Å². The smallest absolute Gasteiger partial charge is 0.337 e. The molecule has 14 heteroatoms. The SMILES string of the molecule is CC.CCC.CCNC(=O)C(=O)C(COCC(=O)c1ccccc1)NC(=O)CNC=O.CN1CCOCC1.O=COF. The number of ether oxygens (including phenoxy) is 2. The van der Waals surface area contributed by atoms with Gasteiger partial charge in [-0.3, -0.25) is 33.7 Å². The second-order valence-corrected chi connectivity index (χ2v) is 7.95. The third kappa shape index (κ3) is 25.2. The molecule has 0 aliphatic carbocycles. The summed E-state index contributed by atoms with van der Waals surface area (Å²) in [6.07, 6.45) is 1.58. The molecule has 1 unspecified atom stereocenters. The first-order chi connectivity index (χ1) is 20.2. The first-order valence-corrected chi connectivity index (χ1v) is 13.6. The molecular weight excluding hydrogens is 555 g/mol. The van der Waals surface area contributed by atoms with Gasteiger partial charge in [0, 0.05) is 29.7 Å². The fourth-order valence-corrected chi connectivity index (χ4v) is 2.60.